The number of ether oxygens (including phenoxy) is 2. The monoisotopic (exact) mass is 390 g/mol. The first-order valence-electron chi connectivity index (χ1n) is 9.13. The molecule has 3 rings (SSSR count). The van der Waals surface area contributed by atoms with Crippen molar-refractivity contribution in [1.29, 1.82) is 0 Å². The predicted octanol–water partition coefficient (Wildman–Crippen LogP) is 0.0216. The zero-order valence-corrected chi connectivity index (χ0v) is 15.9. The van der Waals surface area contributed by atoms with Gasteiger partial charge in [0, 0.05) is 31.4 Å². The summed E-state index contributed by atoms with van der Waals surface area (Å²) in [6, 6.07) is 6.36. The second-order valence-electron chi connectivity index (χ2n) is 6.77. The van der Waals surface area contributed by atoms with Crippen LogP contribution in [0.5, 0.6) is 11.5 Å². The van der Waals surface area contributed by atoms with E-state index in [1.54, 1.807) is 38.6 Å². The molecule has 1 saturated carbocycles. The van der Waals surface area contributed by atoms with Gasteiger partial charge in [-0.1, -0.05) is 6.07 Å². The molecule has 0 saturated heterocycles. The van der Waals surface area contributed by atoms with Gasteiger partial charge in [0.05, 0.1) is 25.8 Å². The molecule has 0 radical (unpaired) electrons. The Balaban J connectivity index is 1.76. The summed E-state index contributed by atoms with van der Waals surface area (Å²) in [4.78, 5) is 21.0. The zero-order valence-electron chi connectivity index (χ0n) is 15.9. The molecule has 1 heterocycles. The number of rotatable bonds is 8. The average Bonchev–Trinajstić information content (AvgIpc) is 3.31. The van der Waals surface area contributed by atoms with Crippen LogP contribution in [-0.2, 0) is 0 Å². The molecular weight excluding hydrogens is 364 g/mol. The summed E-state index contributed by atoms with van der Waals surface area (Å²) in [6.07, 6.45) is 2.10. The molecule has 1 aliphatic rings. The van der Waals surface area contributed by atoms with E-state index in [0.29, 0.717) is 24.5 Å². The Hall–Kier alpha value is -2.62. The Morgan fingerprint density at radius 1 is 1.43 bits per heavy atom. The smallest absolute Gasteiger partial charge is 0.287 e. The van der Waals surface area contributed by atoms with Crippen molar-refractivity contribution in [1.82, 2.24) is 20.2 Å². The van der Waals surface area contributed by atoms with E-state index in [9.17, 15) is 15.0 Å². The Bertz CT molecular complexity index is 769. The van der Waals surface area contributed by atoms with Gasteiger partial charge in [-0.2, -0.15) is 0 Å². The number of aromatic nitrogens is 2. The fourth-order valence-electron chi connectivity index (χ4n) is 3.60. The van der Waals surface area contributed by atoms with Crippen molar-refractivity contribution in [3.8, 4) is 11.5 Å². The highest BCUT2D eigenvalue weighted by Crippen LogP contribution is 2.30. The minimum atomic E-state index is -0.857. The Labute approximate surface area is 163 Å². The molecule has 1 aliphatic carbocycles. The van der Waals surface area contributed by atoms with Crippen LogP contribution in [0.15, 0.2) is 36.7 Å². The molecule has 0 aliphatic heterocycles. The van der Waals surface area contributed by atoms with Gasteiger partial charge in [-0.05, 0) is 19.2 Å². The standard InChI is InChI=1S/C19H26N4O5/c1-23(8-9-24)16-14(22-19(26)18-20-6-7-21-18)11-15(17(16)25)28-13-5-3-4-12(10-13)27-2/h3-7,10,14-17,24-25H,8-9,11H2,1-2H3,(H,20,21)(H,22,26)/t14-,15-,16+,17+/m1/s1. The van der Waals surface area contributed by atoms with Crippen LogP contribution in [0.25, 0.3) is 0 Å². The van der Waals surface area contributed by atoms with E-state index in [1.807, 2.05) is 11.0 Å². The number of aliphatic hydroxyl groups excluding tert-OH is 2. The Kier molecular flexibility index (Phi) is 6.50. The highest BCUT2D eigenvalue weighted by atomic mass is 16.5. The first kappa shape index (κ1) is 20.1. The molecule has 0 spiro atoms. The highest BCUT2D eigenvalue weighted by Gasteiger charge is 2.46. The molecule has 2 aromatic rings. The van der Waals surface area contributed by atoms with Gasteiger partial charge in [-0.3, -0.25) is 9.69 Å². The number of likely N-dealkylation sites (N-methyl/N-ethyl adjacent to an activating group) is 1. The molecule has 4 atom stereocenters. The largest absolute Gasteiger partial charge is 0.497 e. The van der Waals surface area contributed by atoms with Gasteiger partial charge in [-0.15, -0.1) is 0 Å². The fourth-order valence-corrected chi connectivity index (χ4v) is 3.60. The molecule has 0 bridgehead atoms. The number of benzene rings is 1. The van der Waals surface area contributed by atoms with Crippen LogP contribution in [0.4, 0.5) is 0 Å². The van der Waals surface area contributed by atoms with E-state index in [2.05, 4.69) is 15.3 Å². The normalized spacial score (nSPS) is 24.3. The lowest BCUT2D eigenvalue weighted by Gasteiger charge is -2.31. The van der Waals surface area contributed by atoms with Crippen molar-refractivity contribution in [2.45, 2.75) is 30.7 Å². The Morgan fingerprint density at radius 2 is 2.21 bits per heavy atom. The maximum Gasteiger partial charge on any atom is 0.287 e. The summed E-state index contributed by atoms with van der Waals surface area (Å²) in [7, 11) is 3.37. The van der Waals surface area contributed by atoms with E-state index in [1.165, 1.54) is 6.20 Å². The number of H-pyrrole nitrogens is 1. The second kappa shape index (κ2) is 9.05. The number of aromatic amines is 1. The van der Waals surface area contributed by atoms with Crippen molar-refractivity contribution < 1.29 is 24.5 Å². The van der Waals surface area contributed by atoms with Crippen LogP contribution in [-0.4, -0.2) is 82.6 Å². The number of amides is 1. The number of hydrogen-bond donors (Lipinski definition) is 4. The van der Waals surface area contributed by atoms with Gasteiger partial charge < -0.3 is 30.0 Å². The molecule has 9 heteroatoms. The van der Waals surface area contributed by atoms with E-state index in [0.717, 1.165) is 0 Å². The number of hydrogen-bond acceptors (Lipinski definition) is 7. The van der Waals surface area contributed by atoms with Gasteiger partial charge >= 0.3 is 0 Å². The zero-order chi connectivity index (χ0) is 20.1. The summed E-state index contributed by atoms with van der Waals surface area (Å²) in [5, 5.41) is 23.1. The number of imidazole rings is 1. The molecule has 28 heavy (non-hydrogen) atoms. The molecule has 4 N–H and O–H groups in total. The van der Waals surface area contributed by atoms with Crippen molar-refractivity contribution in [3.05, 3.63) is 42.5 Å². The Morgan fingerprint density at radius 3 is 2.89 bits per heavy atom. The quantitative estimate of drug-likeness (QED) is 0.502. The molecule has 1 fully saturated rings. The van der Waals surface area contributed by atoms with E-state index in [-0.39, 0.29) is 24.4 Å². The molecular formula is C19H26N4O5. The minimum Gasteiger partial charge on any atom is -0.497 e. The van der Waals surface area contributed by atoms with Crippen molar-refractivity contribution in [2.24, 2.45) is 0 Å². The first-order chi connectivity index (χ1) is 13.5. The van der Waals surface area contributed by atoms with Gasteiger partial charge in [0.1, 0.15) is 23.7 Å². The second-order valence-corrected chi connectivity index (χ2v) is 6.77. The van der Waals surface area contributed by atoms with Crippen molar-refractivity contribution in [2.75, 3.05) is 27.3 Å². The maximum absolute atomic E-state index is 12.4. The van der Waals surface area contributed by atoms with Gasteiger partial charge in [0.2, 0.25) is 0 Å². The van der Waals surface area contributed by atoms with Crippen LogP contribution >= 0.6 is 0 Å². The molecule has 152 valence electrons. The summed E-state index contributed by atoms with van der Waals surface area (Å²) in [6.45, 7) is 0.306. The topological polar surface area (TPSA) is 120 Å². The summed E-state index contributed by atoms with van der Waals surface area (Å²) < 4.78 is 11.2. The van der Waals surface area contributed by atoms with Crippen LogP contribution in [0.2, 0.25) is 0 Å². The van der Waals surface area contributed by atoms with Gasteiger partial charge in [0.15, 0.2) is 5.82 Å². The summed E-state index contributed by atoms with van der Waals surface area (Å²) in [5.41, 5.74) is 0. The van der Waals surface area contributed by atoms with Crippen molar-refractivity contribution >= 4 is 5.91 Å². The van der Waals surface area contributed by atoms with E-state index in [4.69, 9.17) is 9.47 Å². The van der Waals surface area contributed by atoms with Crippen LogP contribution in [0.3, 0.4) is 0 Å². The summed E-state index contributed by atoms with van der Waals surface area (Å²) in [5.74, 6) is 1.08. The van der Waals surface area contributed by atoms with Gasteiger partial charge in [-0.25, -0.2) is 4.98 Å². The van der Waals surface area contributed by atoms with Crippen LogP contribution in [0, 0.1) is 0 Å². The van der Waals surface area contributed by atoms with Gasteiger partial charge in [0.25, 0.3) is 5.91 Å². The fraction of sp³-hybridized carbons (Fsp3) is 0.474. The third kappa shape index (κ3) is 4.44. The van der Waals surface area contributed by atoms with Crippen LogP contribution in [0.1, 0.15) is 17.0 Å². The van der Waals surface area contributed by atoms with Crippen LogP contribution < -0.4 is 14.8 Å². The average molecular weight is 390 g/mol. The minimum absolute atomic E-state index is 0.0556. The van der Waals surface area contributed by atoms with E-state index < -0.39 is 18.2 Å². The number of methoxy groups -OCH3 is 1. The first-order valence-corrected chi connectivity index (χ1v) is 9.13. The predicted molar refractivity (Wildman–Crippen MR) is 101 cm³/mol. The number of nitrogens with zero attached hydrogens (tertiary/aromatic N) is 2. The highest BCUT2D eigenvalue weighted by molar-refractivity contribution is 5.90. The lowest BCUT2D eigenvalue weighted by molar-refractivity contribution is 0.0109. The molecule has 9 nitrogen and oxygen atoms in total. The number of carbonyl (C=O) groups excluding carboxylic acids is 1. The molecule has 1 aromatic heterocycles. The van der Waals surface area contributed by atoms with Crippen molar-refractivity contribution in [3.63, 3.8) is 0 Å². The SMILES string of the molecule is COc1cccc(O[C@@H]2C[C@@H](NC(=O)c3ncc[nH]3)[C@H](N(C)CCO)[C@H]2O)c1. The number of nitrogens with one attached hydrogen (secondary N) is 2. The third-order valence-electron chi connectivity index (χ3n) is 4.95. The van der Waals surface area contributed by atoms with E-state index >= 15 is 0 Å². The molecule has 0 unspecified atom stereocenters. The number of aliphatic hydroxyl groups is 2. The molecule has 1 amide bonds. The lowest BCUT2D eigenvalue weighted by Crippen LogP contribution is -2.52. The molecule has 1 aromatic carbocycles. The lowest BCUT2D eigenvalue weighted by atomic mass is 10.1. The third-order valence-corrected chi connectivity index (χ3v) is 4.95. The number of carbonyl (C=O) groups is 1. The summed E-state index contributed by atoms with van der Waals surface area (Å²) >= 11 is 0. The maximum atomic E-state index is 12.4.